The quantitative estimate of drug-likeness (QED) is 0.677. The molecule has 14 heavy (non-hydrogen) atoms. The van der Waals surface area contributed by atoms with Crippen LogP contribution in [0.15, 0.2) is 24.3 Å². The lowest BCUT2D eigenvalue weighted by atomic mass is 10.1. The number of amides is 1. The average Bonchev–Trinajstić information content (AvgIpc) is 2.15. The molecule has 0 fully saturated rings. The van der Waals surface area contributed by atoms with E-state index in [1.54, 1.807) is 0 Å². The Labute approximate surface area is 79.7 Å². The topological polar surface area (TPSA) is 43.1 Å². The lowest BCUT2D eigenvalue weighted by Crippen LogP contribution is -2.06. The molecule has 0 bridgehead atoms. The first-order valence-electron chi connectivity index (χ1n) is 3.79. The van der Waals surface area contributed by atoms with E-state index in [1.165, 1.54) is 24.3 Å². The smallest absolute Gasteiger partial charge is 0.293 e. The van der Waals surface area contributed by atoms with Crippen molar-refractivity contribution in [2.24, 2.45) is 5.73 Å². The van der Waals surface area contributed by atoms with E-state index in [2.05, 4.69) is 11.8 Å². The van der Waals surface area contributed by atoms with Crippen molar-refractivity contribution in [3.05, 3.63) is 35.4 Å². The number of hydrogen-bond acceptors (Lipinski definition) is 1. The SMILES string of the molecule is NC(=O)C#Cc1ccc(C(F)F)cc1. The Balaban J connectivity index is 2.85. The van der Waals surface area contributed by atoms with Gasteiger partial charge in [-0.25, -0.2) is 8.78 Å². The molecule has 0 atom stereocenters. The summed E-state index contributed by atoms with van der Waals surface area (Å²) < 4.78 is 24.2. The minimum Gasteiger partial charge on any atom is -0.359 e. The fraction of sp³-hybridized carbons (Fsp3) is 0.100. The minimum atomic E-state index is -2.49. The molecule has 0 aliphatic rings. The van der Waals surface area contributed by atoms with Crippen molar-refractivity contribution in [1.82, 2.24) is 0 Å². The predicted octanol–water partition coefficient (Wildman–Crippen LogP) is 1.46. The summed E-state index contributed by atoms with van der Waals surface area (Å²) in [6.07, 6.45) is -2.49. The first-order valence-corrected chi connectivity index (χ1v) is 3.79. The summed E-state index contributed by atoms with van der Waals surface area (Å²) in [5.41, 5.74) is 5.19. The summed E-state index contributed by atoms with van der Waals surface area (Å²) >= 11 is 0. The van der Waals surface area contributed by atoms with Crippen molar-refractivity contribution < 1.29 is 13.6 Å². The first kappa shape index (κ1) is 10.2. The highest BCUT2D eigenvalue weighted by molar-refractivity contribution is 5.92. The number of carbonyl (C=O) groups is 1. The molecule has 0 spiro atoms. The molecule has 1 aromatic rings. The van der Waals surface area contributed by atoms with Crippen LogP contribution >= 0.6 is 0 Å². The number of benzene rings is 1. The molecular weight excluding hydrogens is 188 g/mol. The number of halogens is 2. The number of rotatable bonds is 1. The summed E-state index contributed by atoms with van der Waals surface area (Å²) in [6.45, 7) is 0. The summed E-state index contributed by atoms with van der Waals surface area (Å²) in [5.74, 6) is 3.81. The number of alkyl halides is 2. The Hall–Kier alpha value is -1.89. The first-order chi connectivity index (χ1) is 6.59. The highest BCUT2D eigenvalue weighted by Crippen LogP contribution is 2.18. The number of nitrogens with two attached hydrogens (primary N) is 1. The van der Waals surface area contributed by atoms with Crippen molar-refractivity contribution in [3.63, 3.8) is 0 Å². The second-order valence-electron chi connectivity index (χ2n) is 2.54. The van der Waals surface area contributed by atoms with Gasteiger partial charge in [-0.2, -0.15) is 0 Å². The molecule has 1 aromatic carbocycles. The molecule has 0 aliphatic carbocycles. The van der Waals surface area contributed by atoms with Gasteiger partial charge in [0.1, 0.15) is 0 Å². The third-order valence-electron chi connectivity index (χ3n) is 1.49. The van der Waals surface area contributed by atoms with Crippen LogP contribution < -0.4 is 5.73 Å². The van der Waals surface area contributed by atoms with E-state index in [9.17, 15) is 13.6 Å². The summed E-state index contributed by atoms with van der Waals surface area (Å²) in [7, 11) is 0. The molecule has 4 heteroatoms. The van der Waals surface area contributed by atoms with Gasteiger partial charge in [-0.15, -0.1) is 0 Å². The molecule has 1 rings (SSSR count). The van der Waals surface area contributed by atoms with Gasteiger partial charge in [0, 0.05) is 11.1 Å². The summed E-state index contributed by atoms with van der Waals surface area (Å²) in [5, 5.41) is 0. The maximum Gasteiger partial charge on any atom is 0.293 e. The zero-order valence-electron chi connectivity index (χ0n) is 7.13. The standard InChI is InChI=1S/C10H7F2NO/c11-10(12)8-4-1-7(2-5-8)3-6-9(13)14/h1-2,4-5,10H,(H2,13,14). The van der Waals surface area contributed by atoms with Gasteiger partial charge in [-0.1, -0.05) is 18.1 Å². The maximum absolute atomic E-state index is 12.1. The molecule has 0 unspecified atom stereocenters. The lowest BCUT2D eigenvalue weighted by molar-refractivity contribution is -0.112. The molecule has 0 saturated heterocycles. The highest BCUT2D eigenvalue weighted by atomic mass is 19.3. The zero-order valence-corrected chi connectivity index (χ0v) is 7.13. The van der Waals surface area contributed by atoms with Gasteiger partial charge < -0.3 is 5.73 Å². The number of primary amides is 1. The Bertz CT molecular complexity index is 387. The zero-order chi connectivity index (χ0) is 10.6. The van der Waals surface area contributed by atoms with E-state index < -0.39 is 12.3 Å². The van der Waals surface area contributed by atoms with Crippen molar-refractivity contribution >= 4 is 5.91 Å². The third kappa shape index (κ3) is 2.87. The Morgan fingerprint density at radius 3 is 2.29 bits per heavy atom. The lowest BCUT2D eigenvalue weighted by Gasteiger charge is -1.97. The Morgan fingerprint density at radius 1 is 1.29 bits per heavy atom. The van der Waals surface area contributed by atoms with E-state index in [-0.39, 0.29) is 5.56 Å². The molecule has 0 aromatic heterocycles. The molecule has 72 valence electrons. The van der Waals surface area contributed by atoms with Crippen LogP contribution in [0.25, 0.3) is 0 Å². The average molecular weight is 195 g/mol. The van der Waals surface area contributed by atoms with Crippen LogP contribution in [0, 0.1) is 11.8 Å². The van der Waals surface area contributed by atoms with Crippen molar-refractivity contribution in [2.45, 2.75) is 6.43 Å². The third-order valence-corrected chi connectivity index (χ3v) is 1.49. The van der Waals surface area contributed by atoms with Crippen LogP contribution in [0.3, 0.4) is 0 Å². The van der Waals surface area contributed by atoms with E-state index in [4.69, 9.17) is 5.73 Å². The van der Waals surface area contributed by atoms with Crippen LogP contribution in [0.1, 0.15) is 17.6 Å². The normalized spacial score (nSPS) is 9.36. The predicted molar refractivity (Wildman–Crippen MR) is 47.5 cm³/mol. The fourth-order valence-corrected chi connectivity index (χ4v) is 0.846. The molecule has 0 radical (unpaired) electrons. The van der Waals surface area contributed by atoms with Gasteiger partial charge in [0.15, 0.2) is 0 Å². The van der Waals surface area contributed by atoms with E-state index in [1.807, 2.05) is 0 Å². The largest absolute Gasteiger partial charge is 0.359 e. The molecule has 0 heterocycles. The Morgan fingerprint density at radius 2 is 1.86 bits per heavy atom. The van der Waals surface area contributed by atoms with E-state index in [0.29, 0.717) is 5.56 Å². The van der Waals surface area contributed by atoms with Gasteiger partial charge in [0.2, 0.25) is 0 Å². The second-order valence-corrected chi connectivity index (χ2v) is 2.54. The molecule has 0 saturated carbocycles. The molecule has 0 aliphatic heterocycles. The van der Waals surface area contributed by atoms with Gasteiger partial charge in [0.05, 0.1) is 0 Å². The Kier molecular flexibility index (Phi) is 3.19. The van der Waals surface area contributed by atoms with Crippen LogP contribution in [0.2, 0.25) is 0 Å². The molecular formula is C10H7F2NO. The van der Waals surface area contributed by atoms with Gasteiger partial charge in [0.25, 0.3) is 12.3 Å². The second kappa shape index (κ2) is 4.38. The maximum atomic E-state index is 12.1. The van der Waals surface area contributed by atoms with Gasteiger partial charge in [-0.05, 0) is 18.1 Å². The molecule has 2 nitrogen and oxygen atoms in total. The van der Waals surface area contributed by atoms with E-state index >= 15 is 0 Å². The van der Waals surface area contributed by atoms with Gasteiger partial charge in [-0.3, -0.25) is 4.79 Å². The van der Waals surface area contributed by atoms with Crippen LogP contribution in [-0.4, -0.2) is 5.91 Å². The fourth-order valence-electron chi connectivity index (χ4n) is 0.846. The number of carbonyl (C=O) groups excluding carboxylic acids is 1. The monoisotopic (exact) mass is 195 g/mol. The van der Waals surface area contributed by atoms with Crippen molar-refractivity contribution in [3.8, 4) is 11.8 Å². The van der Waals surface area contributed by atoms with Crippen molar-refractivity contribution in [1.29, 1.82) is 0 Å². The van der Waals surface area contributed by atoms with Crippen molar-refractivity contribution in [2.75, 3.05) is 0 Å². The van der Waals surface area contributed by atoms with Crippen LogP contribution in [-0.2, 0) is 4.79 Å². The van der Waals surface area contributed by atoms with Crippen LogP contribution in [0.5, 0.6) is 0 Å². The minimum absolute atomic E-state index is 0.0744. The summed E-state index contributed by atoms with van der Waals surface area (Å²) in [6, 6.07) is 5.35. The van der Waals surface area contributed by atoms with Gasteiger partial charge >= 0.3 is 0 Å². The van der Waals surface area contributed by atoms with E-state index in [0.717, 1.165) is 0 Å². The highest BCUT2D eigenvalue weighted by Gasteiger charge is 2.04. The summed E-state index contributed by atoms with van der Waals surface area (Å²) in [4.78, 5) is 10.3. The molecule has 1 amide bonds. The van der Waals surface area contributed by atoms with Crippen LogP contribution in [0.4, 0.5) is 8.78 Å². The molecule has 2 N–H and O–H groups in total. The number of hydrogen-bond donors (Lipinski definition) is 1.